The van der Waals surface area contributed by atoms with Crippen molar-refractivity contribution in [3.63, 3.8) is 0 Å². The smallest absolute Gasteiger partial charge is 0.493 e. The molecule has 1 aromatic carbocycles. The van der Waals surface area contributed by atoms with E-state index in [1.54, 1.807) is 11.1 Å². The molecule has 0 aliphatic carbocycles. The SMILES string of the molecule is O=C(NN1CCOCC1)c1cc(Cn2cc(O)n(-c3ccc(S(=O)(=O)C(F)(F)F)cc3)c2=O)ccn1. The maximum absolute atomic E-state index is 12.9. The Balaban J connectivity index is 1.54. The van der Waals surface area contributed by atoms with Crippen LogP contribution in [-0.4, -0.2) is 70.4 Å². The highest BCUT2D eigenvalue weighted by molar-refractivity contribution is 7.92. The van der Waals surface area contributed by atoms with Crippen LogP contribution in [0.1, 0.15) is 16.1 Å². The Morgan fingerprint density at radius 2 is 1.81 bits per heavy atom. The largest absolute Gasteiger partial charge is 0.501 e. The van der Waals surface area contributed by atoms with E-state index < -0.39 is 37.7 Å². The Morgan fingerprint density at radius 1 is 1.14 bits per heavy atom. The van der Waals surface area contributed by atoms with Gasteiger partial charge in [-0.1, -0.05) is 0 Å². The Morgan fingerprint density at radius 3 is 2.44 bits per heavy atom. The molecule has 0 unspecified atom stereocenters. The van der Waals surface area contributed by atoms with Crippen molar-refractivity contribution in [1.82, 2.24) is 24.6 Å². The van der Waals surface area contributed by atoms with Crippen LogP contribution in [0.4, 0.5) is 13.2 Å². The van der Waals surface area contributed by atoms with Gasteiger partial charge in [-0.3, -0.25) is 19.8 Å². The molecule has 0 saturated carbocycles. The van der Waals surface area contributed by atoms with E-state index >= 15 is 0 Å². The second-order valence-corrected chi connectivity index (χ2v) is 9.71. The van der Waals surface area contributed by atoms with Crippen molar-refractivity contribution in [3.8, 4) is 11.6 Å². The van der Waals surface area contributed by atoms with Crippen molar-refractivity contribution in [1.29, 1.82) is 0 Å². The number of halogens is 3. The molecule has 4 rings (SSSR count). The van der Waals surface area contributed by atoms with E-state index in [0.29, 0.717) is 44.0 Å². The average Bonchev–Trinajstić information content (AvgIpc) is 3.11. The first kappa shape index (κ1) is 25.4. The molecule has 3 aromatic rings. The molecule has 1 fully saturated rings. The predicted octanol–water partition coefficient (Wildman–Crippen LogP) is 1.06. The first-order valence-corrected chi connectivity index (χ1v) is 12.0. The standard InChI is InChI=1S/C21H20F3N5O6S/c22-21(23,24)36(33,34)16-3-1-15(2-4-16)29-18(30)13-27(20(29)32)12-14-5-6-25-17(11-14)19(31)26-28-7-9-35-10-8-28/h1-6,11,13,30H,7-10,12H2,(H,26,31). The molecule has 0 atom stereocenters. The lowest BCUT2D eigenvalue weighted by Gasteiger charge is -2.26. The average molecular weight is 527 g/mol. The van der Waals surface area contributed by atoms with Gasteiger partial charge in [0.1, 0.15) is 5.69 Å². The van der Waals surface area contributed by atoms with Crippen LogP contribution in [0.25, 0.3) is 5.69 Å². The number of nitrogens with zero attached hydrogens (tertiary/aromatic N) is 4. The summed E-state index contributed by atoms with van der Waals surface area (Å²) in [6, 6.07) is 6.40. The number of ether oxygens (including phenoxy) is 1. The number of aromatic nitrogens is 3. The summed E-state index contributed by atoms with van der Waals surface area (Å²) in [5, 5.41) is 12.0. The van der Waals surface area contributed by atoms with Gasteiger partial charge < -0.3 is 9.84 Å². The zero-order valence-electron chi connectivity index (χ0n) is 18.5. The van der Waals surface area contributed by atoms with Gasteiger partial charge in [-0.15, -0.1) is 0 Å². The first-order valence-electron chi connectivity index (χ1n) is 10.5. The molecule has 2 aromatic heterocycles. The summed E-state index contributed by atoms with van der Waals surface area (Å²) in [5.74, 6) is -0.966. The summed E-state index contributed by atoms with van der Waals surface area (Å²) >= 11 is 0. The van der Waals surface area contributed by atoms with E-state index in [0.717, 1.165) is 27.5 Å². The van der Waals surface area contributed by atoms with Gasteiger partial charge in [-0.05, 0) is 42.0 Å². The second kappa shape index (κ2) is 9.75. The zero-order valence-corrected chi connectivity index (χ0v) is 19.3. The molecule has 1 aliphatic heterocycles. The number of rotatable bonds is 6. The number of hydrogen-bond acceptors (Lipinski definition) is 8. The minimum absolute atomic E-state index is 0.0438. The van der Waals surface area contributed by atoms with Gasteiger partial charge in [0.05, 0.1) is 36.5 Å². The fourth-order valence-electron chi connectivity index (χ4n) is 3.51. The quantitative estimate of drug-likeness (QED) is 0.486. The van der Waals surface area contributed by atoms with Gasteiger partial charge in [0, 0.05) is 19.3 Å². The molecule has 2 N–H and O–H groups in total. The van der Waals surface area contributed by atoms with Gasteiger partial charge in [0.15, 0.2) is 0 Å². The van der Waals surface area contributed by atoms with Crippen molar-refractivity contribution in [2.75, 3.05) is 26.3 Å². The minimum atomic E-state index is -5.55. The molecule has 15 heteroatoms. The zero-order chi connectivity index (χ0) is 26.1. The Labute approximate surface area is 202 Å². The highest BCUT2D eigenvalue weighted by atomic mass is 32.2. The topological polar surface area (TPSA) is 136 Å². The summed E-state index contributed by atoms with van der Waals surface area (Å²) in [5.41, 5.74) is -2.91. The number of alkyl halides is 3. The number of aromatic hydroxyl groups is 1. The molecule has 36 heavy (non-hydrogen) atoms. The van der Waals surface area contributed by atoms with E-state index in [2.05, 4.69) is 10.4 Å². The number of carbonyl (C=O) groups excluding carboxylic acids is 1. The lowest BCUT2D eigenvalue weighted by molar-refractivity contribution is -0.0436. The van der Waals surface area contributed by atoms with Crippen molar-refractivity contribution in [2.45, 2.75) is 16.9 Å². The molecular formula is C21H20F3N5O6S. The van der Waals surface area contributed by atoms with Crippen LogP contribution in [0.15, 0.2) is 58.5 Å². The molecule has 0 radical (unpaired) electrons. The fraction of sp³-hybridized carbons (Fsp3) is 0.286. The van der Waals surface area contributed by atoms with Crippen LogP contribution in [0.5, 0.6) is 5.88 Å². The lowest BCUT2D eigenvalue weighted by atomic mass is 10.2. The van der Waals surface area contributed by atoms with Gasteiger partial charge in [-0.25, -0.2) is 22.8 Å². The molecule has 0 bridgehead atoms. The summed E-state index contributed by atoms with van der Waals surface area (Å²) in [7, 11) is -5.55. The number of amides is 1. The Kier molecular flexibility index (Phi) is 6.88. The van der Waals surface area contributed by atoms with E-state index in [-0.39, 0.29) is 17.9 Å². The molecule has 0 spiro atoms. The number of carbonyl (C=O) groups is 1. The van der Waals surface area contributed by atoms with Crippen molar-refractivity contribution in [2.24, 2.45) is 0 Å². The van der Waals surface area contributed by atoms with E-state index in [9.17, 15) is 36.3 Å². The Hall–Kier alpha value is -3.69. The van der Waals surface area contributed by atoms with Crippen molar-refractivity contribution >= 4 is 15.7 Å². The van der Waals surface area contributed by atoms with Crippen molar-refractivity contribution in [3.05, 3.63) is 70.5 Å². The number of pyridine rings is 1. The maximum Gasteiger partial charge on any atom is 0.501 e. The lowest BCUT2D eigenvalue weighted by Crippen LogP contribution is -2.48. The van der Waals surface area contributed by atoms with Crippen LogP contribution >= 0.6 is 0 Å². The highest BCUT2D eigenvalue weighted by Crippen LogP contribution is 2.30. The van der Waals surface area contributed by atoms with E-state index in [1.807, 2.05) is 0 Å². The third kappa shape index (κ3) is 5.12. The first-order chi connectivity index (χ1) is 17.0. The molecule has 192 valence electrons. The van der Waals surface area contributed by atoms with Crippen LogP contribution in [-0.2, 0) is 21.1 Å². The van der Waals surface area contributed by atoms with Crippen molar-refractivity contribution < 1.29 is 36.2 Å². The molecule has 11 nitrogen and oxygen atoms in total. The molecule has 1 saturated heterocycles. The number of hydrazine groups is 1. The third-order valence-electron chi connectivity index (χ3n) is 5.33. The molecule has 1 amide bonds. The van der Waals surface area contributed by atoms with Crippen LogP contribution in [0.2, 0.25) is 0 Å². The minimum Gasteiger partial charge on any atom is -0.493 e. The Bertz CT molecular complexity index is 1430. The number of nitrogens with one attached hydrogen (secondary N) is 1. The predicted molar refractivity (Wildman–Crippen MR) is 118 cm³/mol. The summed E-state index contributed by atoms with van der Waals surface area (Å²) in [4.78, 5) is 28.4. The van der Waals surface area contributed by atoms with Crippen LogP contribution in [0.3, 0.4) is 0 Å². The summed E-state index contributed by atoms with van der Waals surface area (Å²) < 4.78 is 68.5. The number of imidazole rings is 1. The monoisotopic (exact) mass is 527 g/mol. The fourth-order valence-corrected chi connectivity index (χ4v) is 4.27. The van der Waals surface area contributed by atoms with Gasteiger partial charge in [0.2, 0.25) is 5.88 Å². The molecular weight excluding hydrogens is 507 g/mol. The van der Waals surface area contributed by atoms with Crippen LogP contribution in [0, 0.1) is 0 Å². The van der Waals surface area contributed by atoms with Gasteiger partial charge in [-0.2, -0.15) is 13.2 Å². The summed E-state index contributed by atoms with van der Waals surface area (Å²) in [6.45, 7) is 1.96. The third-order valence-corrected chi connectivity index (χ3v) is 6.83. The van der Waals surface area contributed by atoms with Gasteiger partial charge >= 0.3 is 11.2 Å². The van der Waals surface area contributed by atoms with Gasteiger partial charge in [0.25, 0.3) is 15.7 Å². The van der Waals surface area contributed by atoms with E-state index in [1.165, 1.54) is 12.3 Å². The number of hydrogen-bond donors (Lipinski definition) is 2. The number of benzene rings is 1. The molecule has 3 heterocycles. The highest BCUT2D eigenvalue weighted by Gasteiger charge is 2.46. The maximum atomic E-state index is 12.9. The van der Waals surface area contributed by atoms with Crippen LogP contribution < -0.4 is 11.1 Å². The second-order valence-electron chi connectivity index (χ2n) is 7.77. The number of sulfone groups is 1. The number of morpholine rings is 1. The molecule has 1 aliphatic rings. The summed E-state index contributed by atoms with van der Waals surface area (Å²) in [6.07, 6.45) is 2.50. The van der Waals surface area contributed by atoms with E-state index in [4.69, 9.17) is 4.74 Å². The normalized spacial score (nSPS) is 15.1.